The number of nitrogens with one attached hydrogen (secondary N) is 1. The zero-order chi connectivity index (χ0) is 18.0. The summed E-state index contributed by atoms with van der Waals surface area (Å²) in [4.78, 5) is 17.6. The predicted molar refractivity (Wildman–Crippen MR) is 96.8 cm³/mol. The van der Waals surface area contributed by atoms with Gasteiger partial charge in [-0.15, -0.1) is 0 Å². The van der Waals surface area contributed by atoms with E-state index >= 15 is 0 Å². The molecule has 1 aromatic heterocycles. The largest absolute Gasteiger partial charge is 0.445 e. The lowest BCUT2D eigenvalue weighted by Gasteiger charge is -2.39. The molecule has 3 heterocycles. The monoisotopic (exact) mass is 359 g/mol. The minimum atomic E-state index is -0.525. The molecular weight excluding hydrogens is 334 g/mol. The summed E-state index contributed by atoms with van der Waals surface area (Å²) >= 11 is 0. The number of nitrogens with zero attached hydrogens (tertiary/aromatic N) is 2. The summed E-state index contributed by atoms with van der Waals surface area (Å²) in [6, 6.07) is 9.84. The van der Waals surface area contributed by atoms with Gasteiger partial charge in [0.25, 0.3) is 0 Å². The van der Waals surface area contributed by atoms with Gasteiger partial charge in [-0.05, 0) is 38.1 Å². The van der Waals surface area contributed by atoms with Crippen LogP contribution < -0.4 is 5.32 Å². The fourth-order valence-electron chi connectivity index (χ4n) is 2.84. The average Bonchev–Trinajstić information content (AvgIpc) is 3.15. The Hall–Kier alpha value is -2.38. The van der Waals surface area contributed by atoms with Crippen molar-refractivity contribution in [1.29, 1.82) is 0 Å². The lowest BCUT2D eigenvalue weighted by atomic mass is 10.1. The summed E-state index contributed by atoms with van der Waals surface area (Å²) < 4.78 is 15.0. The maximum absolute atomic E-state index is 11.3. The number of hydrogen-bond donors (Lipinski definition) is 1. The first-order chi connectivity index (χ1) is 12.8. The number of piperidine rings is 1. The molecule has 7 heteroatoms. The molecule has 2 aliphatic heterocycles. The summed E-state index contributed by atoms with van der Waals surface area (Å²) in [5, 5.41) is 2.58. The normalized spacial score (nSPS) is 17.5. The number of likely N-dealkylation sites (tertiary alicyclic amines) is 1. The molecule has 1 N–H and O–H groups in total. The van der Waals surface area contributed by atoms with Crippen LogP contribution in [0.15, 0.2) is 47.3 Å². The summed E-state index contributed by atoms with van der Waals surface area (Å²) in [6.45, 7) is 4.67. The highest BCUT2D eigenvalue weighted by molar-refractivity contribution is 5.84. The highest BCUT2D eigenvalue weighted by Gasteiger charge is 2.26. The zero-order valence-corrected chi connectivity index (χ0v) is 14.8. The number of para-hydroxylation sites is 1. The Morgan fingerprint density at radius 2 is 1.96 bits per heavy atom. The van der Waals surface area contributed by atoms with E-state index in [0.29, 0.717) is 11.4 Å². The van der Waals surface area contributed by atoms with Gasteiger partial charge in [-0.3, -0.25) is 10.2 Å². The van der Waals surface area contributed by atoms with Crippen molar-refractivity contribution in [2.75, 3.05) is 31.6 Å². The van der Waals surface area contributed by atoms with Gasteiger partial charge in [0.15, 0.2) is 18.8 Å². The molecule has 140 valence electrons. The van der Waals surface area contributed by atoms with Gasteiger partial charge in [0, 0.05) is 5.69 Å². The molecule has 0 atom stereocenters. The van der Waals surface area contributed by atoms with E-state index < -0.39 is 6.09 Å². The second-order valence-corrected chi connectivity index (χ2v) is 6.32. The molecule has 0 saturated carbocycles. The third kappa shape index (κ3) is 5.86. The number of amides is 1. The van der Waals surface area contributed by atoms with Gasteiger partial charge in [0.05, 0.1) is 25.5 Å². The number of hydrogen-bond acceptors (Lipinski definition) is 6. The highest BCUT2D eigenvalue weighted by atomic mass is 16.6. The van der Waals surface area contributed by atoms with Crippen molar-refractivity contribution in [3.05, 3.63) is 48.7 Å². The third-order valence-electron chi connectivity index (χ3n) is 4.38. The van der Waals surface area contributed by atoms with Gasteiger partial charge in [-0.1, -0.05) is 24.6 Å². The van der Waals surface area contributed by atoms with Crippen LogP contribution in [0, 0.1) is 0 Å². The van der Waals surface area contributed by atoms with Crippen molar-refractivity contribution < 1.29 is 18.7 Å². The van der Waals surface area contributed by atoms with Gasteiger partial charge in [-0.25, -0.2) is 9.78 Å². The van der Waals surface area contributed by atoms with Crippen molar-refractivity contribution in [3.8, 4) is 0 Å². The quantitative estimate of drug-likeness (QED) is 0.903. The van der Waals surface area contributed by atoms with Crippen molar-refractivity contribution in [1.82, 2.24) is 9.88 Å². The molecule has 0 spiro atoms. The molecule has 1 amide bonds. The molecular formula is C19H25N3O4. The van der Waals surface area contributed by atoms with Gasteiger partial charge < -0.3 is 13.9 Å². The first-order valence-corrected chi connectivity index (χ1v) is 8.99. The standard InChI is InChI=1S/C11H10N2O3.C8H15NO/c14-11(13-9-4-2-1-3-5-9)15-7-10-6-12-8-16-10;1-2-4-9(5-3-1)8-6-10-7-8/h1-6,8H,7H2,(H,13,14);8H,1-7H2. The average molecular weight is 359 g/mol. The third-order valence-corrected chi connectivity index (χ3v) is 4.38. The smallest absolute Gasteiger partial charge is 0.412 e. The van der Waals surface area contributed by atoms with Crippen molar-refractivity contribution in [2.24, 2.45) is 0 Å². The van der Waals surface area contributed by atoms with Gasteiger partial charge >= 0.3 is 6.09 Å². The Balaban J connectivity index is 0.000000167. The van der Waals surface area contributed by atoms with E-state index in [1.807, 2.05) is 18.2 Å². The Kier molecular flexibility index (Phi) is 7.04. The van der Waals surface area contributed by atoms with Crippen molar-refractivity contribution in [2.45, 2.75) is 31.9 Å². The van der Waals surface area contributed by atoms with E-state index in [1.165, 1.54) is 44.9 Å². The summed E-state index contributed by atoms with van der Waals surface area (Å²) in [7, 11) is 0. The highest BCUT2D eigenvalue weighted by Crippen LogP contribution is 2.16. The Morgan fingerprint density at radius 3 is 2.58 bits per heavy atom. The predicted octanol–water partition coefficient (Wildman–Crippen LogP) is 3.29. The number of ether oxygens (including phenoxy) is 2. The van der Waals surface area contributed by atoms with E-state index in [2.05, 4.69) is 15.2 Å². The number of anilines is 1. The second kappa shape index (κ2) is 9.94. The number of carbonyl (C=O) groups excluding carboxylic acids is 1. The topological polar surface area (TPSA) is 76.8 Å². The molecule has 2 fully saturated rings. The molecule has 0 radical (unpaired) electrons. The number of benzene rings is 1. The van der Waals surface area contributed by atoms with Crippen LogP contribution in [-0.2, 0) is 16.1 Å². The van der Waals surface area contributed by atoms with Crippen LogP contribution >= 0.6 is 0 Å². The summed E-state index contributed by atoms with van der Waals surface area (Å²) in [5.74, 6) is 0.503. The van der Waals surface area contributed by atoms with Gasteiger partial charge in [0.2, 0.25) is 0 Å². The second-order valence-electron chi connectivity index (χ2n) is 6.32. The van der Waals surface area contributed by atoms with E-state index in [1.54, 1.807) is 12.1 Å². The van der Waals surface area contributed by atoms with Gasteiger partial charge in [-0.2, -0.15) is 0 Å². The number of carbonyl (C=O) groups is 1. The Bertz CT molecular complexity index is 638. The van der Waals surface area contributed by atoms with E-state index in [4.69, 9.17) is 13.9 Å². The molecule has 2 aromatic rings. The molecule has 2 saturated heterocycles. The SMILES string of the molecule is C1CCN(C2COC2)CC1.O=C(Nc1ccccc1)OCc1cnco1. The lowest BCUT2D eigenvalue weighted by Crippen LogP contribution is -2.50. The van der Waals surface area contributed by atoms with Crippen LogP contribution in [0.3, 0.4) is 0 Å². The van der Waals surface area contributed by atoms with E-state index in [0.717, 1.165) is 19.3 Å². The first kappa shape index (κ1) is 18.4. The molecule has 0 unspecified atom stereocenters. The van der Waals surface area contributed by atoms with Crippen LogP contribution in [-0.4, -0.2) is 48.3 Å². The van der Waals surface area contributed by atoms with Crippen molar-refractivity contribution >= 4 is 11.8 Å². The molecule has 4 rings (SSSR count). The Morgan fingerprint density at radius 1 is 1.19 bits per heavy atom. The van der Waals surface area contributed by atoms with Crippen LogP contribution in [0.4, 0.5) is 10.5 Å². The van der Waals surface area contributed by atoms with Crippen LogP contribution in [0.5, 0.6) is 0 Å². The zero-order valence-electron chi connectivity index (χ0n) is 14.8. The first-order valence-electron chi connectivity index (χ1n) is 8.99. The van der Waals surface area contributed by atoms with E-state index in [9.17, 15) is 4.79 Å². The maximum Gasteiger partial charge on any atom is 0.412 e. The summed E-state index contributed by atoms with van der Waals surface area (Å²) in [6.07, 6.45) is 6.49. The minimum absolute atomic E-state index is 0.0681. The fraction of sp³-hybridized carbons (Fsp3) is 0.474. The minimum Gasteiger partial charge on any atom is -0.445 e. The Labute approximate surface area is 153 Å². The molecule has 2 aliphatic rings. The molecule has 0 bridgehead atoms. The van der Waals surface area contributed by atoms with E-state index in [-0.39, 0.29) is 6.61 Å². The summed E-state index contributed by atoms with van der Waals surface area (Å²) in [5.41, 5.74) is 0.685. The molecule has 1 aromatic carbocycles. The van der Waals surface area contributed by atoms with Gasteiger partial charge in [0.1, 0.15) is 0 Å². The maximum atomic E-state index is 11.3. The van der Waals surface area contributed by atoms with Crippen LogP contribution in [0.1, 0.15) is 25.0 Å². The number of oxazole rings is 1. The lowest BCUT2D eigenvalue weighted by molar-refractivity contribution is -0.0698. The number of aromatic nitrogens is 1. The molecule has 26 heavy (non-hydrogen) atoms. The van der Waals surface area contributed by atoms with Crippen LogP contribution in [0.25, 0.3) is 0 Å². The molecule has 7 nitrogen and oxygen atoms in total. The van der Waals surface area contributed by atoms with Crippen molar-refractivity contribution in [3.63, 3.8) is 0 Å². The number of rotatable bonds is 4. The fourth-order valence-corrected chi connectivity index (χ4v) is 2.84. The molecule has 0 aliphatic carbocycles. The van der Waals surface area contributed by atoms with Crippen LogP contribution in [0.2, 0.25) is 0 Å².